The molecule has 0 bridgehead atoms. The minimum absolute atomic E-state index is 0.0958. The van der Waals surface area contributed by atoms with Crippen LogP contribution in [0.25, 0.3) is 0 Å². The summed E-state index contributed by atoms with van der Waals surface area (Å²) in [5.41, 5.74) is 4.87. The molecule has 1 atom stereocenters. The Morgan fingerprint density at radius 1 is 1.19 bits per heavy atom. The van der Waals surface area contributed by atoms with E-state index in [9.17, 15) is 10.1 Å². The number of dihydropyridines is 1. The van der Waals surface area contributed by atoms with Gasteiger partial charge in [-0.3, -0.25) is 4.79 Å². The summed E-state index contributed by atoms with van der Waals surface area (Å²) in [7, 11) is 0. The molecule has 5 heteroatoms. The molecule has 2 aromatic carbocycles. The van der Waals surface area contributed by atoms with Crippen LogP contribution in [0.1, 0.15) is 50.7 Å². The van der Waals surface area contributed by atoms with Gasteiger partial charge in [0.05, 0.1) is 17.6 Å². The van der Waals surface area contributed by atoms with E-state index in [2.05, 4.69) is 25.2 Å². The van der Waals surface area contributed by atoms with Gasteiger partial charge in [0.2, 0.25) is 0 Å². The molecule has 2 aromatic rings. The third kappa shape index (κ3) is 4.38. The fourth-order valence-corrected chi connectivity index (χ4v) is 4.57. The Morgan fingerprint density at radius 2 is 1.94 bits per heavy atom. The monoisotopic (exact) mass is 432 g/mol. The quantitative estimate of drug-likeness (QED) is 0.639. The number of ether oxygens (including phenoxy) is 1. The summed E-state index contributed by atoms with van der Waals surface area (Å²) in [6, 6.07) is 17.6. The first-order chi connectivity index (χ1) is 14.8. The Labute approximate surface area is 188 Å². The lowest BCUT2D eigenvalue weighted by atomic mass is 9.69. The molecule has 1 heterocycles. The van der Waals surface area contributed by atoms with Crippen molar-refractivity contribution < 1.29 is 9.53 Å². The summed E-state index contributed by atoms with van der Waals surface area (Å²) in [5.74, 6) is 0.437. The number of carbonyl (C=O) groups excluding carboxylic acids is 1. The van der Waals surface area contributed by atoms with Gasteiger partial charge in [-0.2, -0.15) is 5.26 Å². The highest BCUT2D eigenvalue weighted by molar-refractivity contribution is 6.30. The number of carbonyl (C=O) groups is 1. The van der Waals surface area contributed by atoms with Crippen LogP contribution in [0.15, 0.2) is 71.1 Å². The maximum absolute atomic E-state index is 13.1. The van der Waals surface area contributed by atoms with Crippen LogP contribution >= 0.6 is 11.6 Å². The van der Waals surface area contributed by atoms with Gasteiger partial charge in [-0.1, -0.05) is 49.7 Å². The van der Waals surface area contributed by atoms with Crippen molar-refractivity contribution in [3.05, 3.63) is 87.2 Å². The Morgan fingerprint density at radius 3 is 2.65 bits per heavy atom. The molecule has 0 amide bonds. The van der Waals surface area contributed by atoms with E-state index in [0.717, 1.165) is 34.5 Å². The van der Waals surface area contributed by atoms with Crippen molar-refractivity contribution in [2.45, 2.75) is 46.1 Å². The van der Waals surface area contributed by atoms with Crippen LogP contribution in [0.5, 0.6) is 5.75 Å². The summed E-state index contributed by atoms with van der Waals surface area (Å²) in [6.45, 7) is 6.53. The highest BCUT2D eigenvalue weighted by Gasteiger charge is 2.41. The average Bonchev–Trinajstić information content (AvgIpc) is 2.71. The smallest absolute Gasteiger partial charge is 0.162 e. The van der Waals surface area contributed by atoms with Crippen molar-refractivity contribution in [1.82, 2.24) is 5.32 Å². The fourth-order valence-electron chi connectivity index (χ4n) is 4.45. The van der Waals surface area contributed by atoms with Crippen LogP contribution in [-0.2, 0) is 11.4 Å². The Bertz CT molecular complexity index is 1140. The SMILES string of the molecule is CC1=C(C#N)[C@H](c2cccc(OCc3ccc(Cl)cc3)c2)C2=C(CC(C)(C)CC2=O)N1. The number of nitriles is 1. The molecule has 158 valence electrons. The second kappa shape index (κ2) is 8.24. The maximum atomic E-state index is 13.1. The van der Waals surface area contributed by atoms with Crippen molar-refractivity contribution in [1.29, 1.82) is 5.26 Å². The van der Waals surface area contributed by atoms with Gasteiger partial charge < -0.3 is 10.1 Å². The van der Waals surface area contributed by atoms with Gasteiger partial charge in [0.1, 0.15) is 12.4 Å². The number of hydrogen-bond acceptors (Lipinski definition) is 4. The fraction of sp³-hybridized carbons (Fsp3) is 0.308. The van der Waals surface area contributed by atoms with Gasteiger partial charge in [0, 0.05) is 28.4 Å². The standard InChI is InChI=1S/C26H25ClN2O2/c1-16-21(14-28)24(25-22(29-16)12-26(2,3)13-23(25)30)18-5-4-6-20(11-18)31-15-17-7-9-19(27)10-8-17/h4-11,24,29H,12-13,15H2,1-3H3/t24-/m0/s1. The van der Waals surface area contributed by atoms with Crippen molar-refractivity contribution in [3.8, 4) is 11.8 Å². The molecule has 4 nitrogen and oxygen atoms in total. The van der Waals surface area contributed by atoms with E-state index in [0.29, 0.717) is 29.4 Å². The molecule has 0 spiro atoms. The molecule has 1 aliphatic heterocycles. The first kappa shape index (κ1) is 21.2. The van der Waals surface area contributed by atoms with Gasteiger partial charge in [0.25, 0.3) is 0 Å². The van der Waals surface area contributed by atoms with Crippen LogP contribution in [0, 0.1) is 16.7 Å². The Balaban J connectivity index is 1.67. The zero-order valence-electron chi connectivity index (χ0n) is 18.0. The van der Waals surface area contributed by atoms with E-state index < -0.39 is 0 Å². The van der Waals surface area contributed by atoms with Crippen LogP contribution < -0.4 is 10.1 Å². The van der Waals surface area contributed by atoms with E-state index in [-0.39, 0.29) is 17.1 Å². The summed E-state index contributed by atoms with van der Waals surface area (Å²) in [5, 5.41) is 13.9. The number of benzene rings is 2. The number of Topliss-reactive ketones (excluding diaryl/α,β-unsaturated/α-hetero) is 1. The Kier molecular flexibility index (Phi) is 5.64. The highest BCUT2D eigenvalue weighted by atomic mass is 35.5. The van der Waals surface area contributed by atoms with Crippen molar-refractivity contribution in [2.75, 3.05) is 0 Å². The number of hydrogen-bond donors (Lipinski definition) is 1. The minimum Gasteiger partial charge on any atom is -0.489 e. The lowest BCUT2D eigenvalue weighted by Crippen LogP contribution is -2.36. The summed E-state index contributed by atoms with van der Waals surface area (Å²) < 4.78 is 6.00. The molecule has 0 radical (unpaired) electrons. The molecular weight excluding hydrogens is 408 g/mol. The van der Waals surface area contributed by atoms with Crippen LogP contribution in [0.2, 0.25) is 5.02 Å². The molecule has 0 fully saturated rings. The van der Waals surface area contributed by atoms with E-state index in [4.69, 9.17) is 16.3 Å². The number of ketones is 1. The summed E-state index contributed by atoms with van der Waals surface area (Å²) in [6.07, 6.45) is 1.27. The topological polar surface area (TPSA) is 62.1 Å². The minimum atomic E-state index is -0.371. The second-order valence-corrected chi connectivity index (χ2v) is 9.47. The normalized spacial score (nSPS) is 20.1. The number of nitrogens with one attached hydrogen (secondary N) is 1. The lowest BCUT2D eigenvalue weighted by molar-refractivity contribution is -0.118. The molecule has 31 heavy (non-hydrogen) atoms. The third-order valence-electron chi connectivity index (χ3n) is 5.87. The zero-order valence-corrected chi connectivity index (χ0v) is 18.7. The second-order valence-electron chi connectivity index (χ2n) is 9.03. The average molecular weight is 433 g/mol. The van der Waals surface area contributed by atoms with Crippen LogP contribution in [0.3, 0.4) is 0 Å². The maximum Gasteiger partial charge on any atom is 0.162 e. The van der Waals surface area contributed by atoms with Crippen molar-refractivity contribution in [2.24, 2.45) is 5.41 Å². The molecule has 0 saturated heterocycles. The molecule has 0 saturated carbocycles. The van der Waals surface area contributed by atoms with E-state index in [1.54, 1.807) is 0 Å². The molecule has 2 aliphatic rings. The zero-order chi connectivity index (χ0) is 22.2. The van der Waals surface area contributed by atoms with E-state index in [1.807, 2.05) is 55.5 Å². The van der Waals surface area contributed by atoms with Gasteiger partial charge in [-0.25, -0.2) is 0 Å². The number of rotatable bonds is 4. The largest absolute Gasteiger partial charge is 0.489 e. The van der Waals surface area contributed by atoms with Gasteiger partial charge in [-0.15, -0.1) is 0 Å². The third-order valence-corrected chi connectivity index (χ3v) is 6.12. The lowest BCUT2D eigenvalue weighted by Gasteiger charge is -2.38. The molecule has 0 unspecified atom stereocenters. The van der Waals surface area contributed by atoms with Crippen LogP contribution in [0.4, 0.5) is 0 Å². The van der Waals surface area contributed by atoms with E-state index >= 15 is 0 Å². The van der Waals surface area contributed by atoms with Gasteiger partial charge in [-0.05, 0) is 54.2 Å². The van der Waals surface area contributed by atoms with Crippen LogP contribution in [-0.4, -0.2) is 5.78 Å². The molecule has 1 N–H and O–H groups in total. The first-order valence-corrected chi connectivity index (χ1v) is 10.8. The predicted octanol–water partition coefficient (Wildman–Crippen LogP) is 6.05. The highest BCUT2D eigenvalue weighted by Crippen LogP contribution is 2.46. The first-order valence-electron chi connectivity index (χ1n) is 10.4. The van der Waals surface area contributed by atoms with Gasteiger partial charge in [0.15, 0.2) is 5.78 Å². The summed E-state index contributed by atoms with van der Waals surface area (Å²) in [4.78, 5) is 13.1. The van der Waals surface area contributed by atoms with E-state index in [1.165, 1.54) is 0 Å². The van der Waals surface area contributed by atoms with Gasteiger partial charge >= 0.3 is 0 Å². The molecule has 0 aromatic heterocycles. The molecule has 4 rings (SSSR count). The van der Waals surface area contributed by atoms with Crippen molar-refractivity contribution >= 4 is 17.4 Å². The van der Waals surface area contributed by atoms with Crippen molar-refractivity contribution in [3.63, 3.8) is 0 Å². The predicted molar refractivity (Wildman–Crippen MR) is 121 cm³/mol. The molecular formula is C26H25ClN2O2. The Hall–Kier alpha value is -3.03. The number of halogens is 1. The molecule has 1 aliphatic carbocycles. The number of allylic oxidation sites excluding steroid dienone is 4. The summed E-state index contributed by atoms with van der Waals surface area (Å²) >= 11 is 5.95. The number of nitrogens with zero attached hydrogens (tertiary/aromatic N) is 1.